The van der Waals surface area contributed by atoms with E-state index in [1.165, 1.54) is 12.1 Å². The van der Waals surface area contributed by atoms with Gasteiger partial charge in [-0.15, -0.1) is 0 Å². The highest BCUT2D eigenvalue weighted by Crippen LogP contribution is 2.41. The fourth-order valence-electron chi connectivity index (χ4n) is 1.83. The average molecular weight is 250 g/mol. The van der Waals surface area contributed by atoms with Crippen molar-refractivity contribution in [1.29, 1.82) is 0 Å². The van der Waals surface area contributed by atoms with Crippen LogP contribution < -0.4 is 0 Å². The summed E-state index contributed by atoms with van der Waals surface area (Å²) in [6, 6.07) is 2.80. The van der Waals surface area contributed by atoms with E-state index in [-0.39, 0.29) is 11.4 Å². The Bertz CT molecular complexity index is 444. The SMILES string of the molecule is CC(C)(C)c1cc([N+](=O)[O-])cc(C(C)(C)C)c1[O]. The molecule has 0 N–H and O–H groups in total. The van der Waals surface area contributed by atoms with E-state index in [1.54, 1.807) is 0 Å². The number of hydrogen-bond acceptors (Lipinski definition) is 2. The van der Waals surface area contributed by atoms with Crippen molar-refractivity contribution in [3.8, 4) is 5.75 Å². The molecule has 0 aliphatic rings. The quantitative estimate of drug-likeness (QED) is 0.550. The van der Waals surface area contributed by atoms with Gasteiger partial charge in [-0.25, -0.2) is 0 Å². The molecule has 0 saturated carbocycles. The van der Waals surface area contributed by atoms with E-state index in [2.05, 4.69) is 0 Å². The summed E-state index contributed by atoms with van der Waals surface area (Å²) in [7, 11) is 0. The van der Waals surface area contributed by atoms with Crippen LogP contribution in [-0.2, 0) is 15.9 Å². The number of nitro benzene ring substituents is 1. The van der Waals surface area contributed by atoms with Crippen molar-refractivity contribution < 1.29 is 10.0 Å². The van der Waals surface area contributed by atoms with Crippen molar-refractivity contribution in [2.24, 2.45) is 0 Å². The van der Waals surface area contributed by atoms with Crippen LogP contribution in [-0.4, -0.2) is 4.92 Å². The fraction of sp³-hybridized carbons (Fsp3) is 0.571. The maximum Gasteiger partial charge on any atom is 0.270 e. The molecule has 0 fully saturated rings. The summed E-state index contributed by atoms with van der Waals surface area (Å²) in [4.78, 5) is 10.5. The minimum Gasteiger partial charge on any atom is -0.289 e. The van der Waals surface area contributed by atoms with Crippen LogP contribution in [0.15, 0.2) is 12.1 Å². The molecule has 0 amide bonds. The Balaban J connectivity index is 3.64. The van der Waals surface area contributed by atoms with Gasteiger partial charge >= 0.3 is 0 Å². The molecule has 4 nitrogen and oxygen atoms in total. The van der Waals surface area contributed by atoms with Crippen LogP contribution >= 0.6 is 0 Å². The standard InChI is InChI=1S/C14H20NO3/c1-13(2,3)10-7-9(15(17)18)8-11(12(10)16)14(4,5)6/h7-8H,1-6H3. The molecule has 18 heavy (non-hydrogen) atoms. The molecule has 0 aliphatic carbocycles. The van der Waals surface area contributed by atoms with Crippen LogP contribution in [0.25, 0.3) is 0 Å². The lowest BCUT2D eigenvalue weighted by Gasteiger charge is -2.25. The van der Waals surface area contributed by atoms with Gasteiger partial charge in [-0.3, -0.25) is 15.2 Å². The van der Waals surface area contributed by atoms with Crippen LogP contribution in [0, 0.1) is 10.1 Å². The number of nitrogens with zero attached hydrogens (tertiary/aromatic N) is 1. The summed E-state index contributed by atoms with van der Waals surface area (Å²) >= 11 is 0. The first-order chi connectivity index (χ1) is 7.94. The minimum atomic E-state index is -0.441. The monoisotopic (exact) mass is 250 g/mol. The number of non-ortho nitro benzene ring substituents is 1. The van der Waals surface area contributed by atoms with Crippen molar-refractivity contribution in [2.75, 3.05) is 0 Å². The number of hydrogen-bond donors (Lipinski definition) is 0. The highest BCUT2D eigenvalue weighted by atomic mass is 16.6. The first-order valence-corrected chi connectivity index (χ1v) is 5.95. The summed E-state index contributed by atoms with van der Waals surface area (Å²) < 4.78 is 0. The number of nitro groups is 1. The van der Waals surface area contributed by atoms with Crippen molar-refractivity contribution in [1.82, 2.24) is 0 Å². The maximum atomic E-state index is 12.4. The highest BCUT2D eigenvalue weighted by Gasteiger charge is 2.30. The number of rotatable bonds is 1. The molecule has 0 aromatic heterocycles. The predicted molar refractivity (Wildman–Crippen MR) is 70.6 cm³/mol. The van der Waals surface area contributed by atoms with Gasteiger partial charge in [-0.1, -0.05) is 41.5 Å². The van der Waals surface area contributed by atoms with Gasteiger partial charge in [0.15, 0.2) is 5.75 Å². The Hall–Kier alpha value is -1.58. The molecule has 1 radical (unpaired) electrons. The van der Waals surface area contributed by atoms with E-state index in [9.17, 15) is 15.2 Å². The fourth-order valence-corrected chi connectivity index (χ4v) is 1.83. The number of benzene rings is 1. The van der Waals surface area contributed by atoms with Gasteiger partial charge in [0.1, 0.15) is 0 Å². The molecule has 0 aliphatic heterocycles. The van der Waals surface area contributed by atoms with Crippen LogP contribution in [0.3, 0.4) is 0 Å². The maximum absolute atomic E-state index is 12.4. The molecule has 0 spiro atoms. The van der Waals surface area contributed by atoms with Gasteiger partial charge < -0.3 is 0 Å². The molecule has 0 atom stereocenters. The first kappa shape index (κ1) is 14.5. The highest BCUT2D eigenvalue weighted by molar-refractivity contribution is 5.54. The second-order valence-electron chi connectivity index (χ2n) is 6.63. The van der Waals surface area contributed by atoms with Gasteiger partial charge in [0, 0.05) is 23.3 Å². The van der Waals surface area contributed by atoms with E-state index < -0.39 is 15.8 Å². The van der Waals surface area contributed by atoms with Gasteiger partial charge in [-0.2, -0.15) is 0 Å². The lowest BCUT2D eigenvalue weighted by atomic mass is 9.79. The van der Waals surface area contributed by atoms with E-state index >= 15 is 0 Å². The largest absolute Gasteiger partial charge is 0.289 e. The topological polar surface area (TPSA) is 63.0 Å². The van der Waals surface area contributed by atoms with Crippen molar-refractivity contribution >= 4 is 5.69 Å². The van der Waals surface area contributed by atoms with Crippen LogP contribution in [0.5, 0.6) is 5.75 Å². The molecule has 0 bridgehead atoms. The summed E-state index contributed by atoms with van der Waals surface area (Å²) in [5.74, 6) is -0.0828. The van der Waals surface area contributed by atoms with E-state index in [0.29, 0.717) is 11.1 Å². The van der Waals surface area contributed by atoms with Gasteiger partial charge in [0.2, 0.25) is 0 Å². The Morgan fingerprint density at radius 1 is 0.944 bits per heavy atom. The molecule has 1 rings (SSSR count). The van der Waals surface area contributed by atoms with E-state index in [0.717, 1.165) is 0 Å². The smallest absolute Gasteiger partial charge is 0.270 e. The lowest BCUT2D eigenvalue weighted by Crippen LogP contribution is -2.17. The summed E-state index contributed by atoms with van der Waals surface area (Å²) in [6.45, 7) is 11.3. The Morgan fingerprint density at radius 3 is 1.50 bits per heavy atom. The van der Waals surface area contributed by atoms with Crippen LogP contribution in [0.1, 0.15) is 52.7 Å². The molecule has 1 aromatic carbocycles. The normalized spacial score (nSPS) is 12.6. The molecule has 0 heterocycles. The van der Waals surface area contributed by atoms with Crippen molar-refractivity contribution in [2.45, 2.75) is 52.4 Å². The third kappa shape index (κ3) is 2.81. The summed E-state index contributed by atoms with van der Waals surface area (Å²) in [5.41, 5.74) is 0.194. The second-order valence-corrected chi connectivity index (χ2v) is 6.63. The Kier molecular flexibility index (Phi) is 3.43. The zero-order valence-electron chi connectivity index (χ0n) is 11.8. The lowest BCUT2D eigenvalue weighted by molar-refractivity contribution is -0.385. The predicted octanol–water partition coefficient (Wildman–Crippen LogP) is 4.33. The molecular weight excluding hydrogens is 230 g/mol. The average Bonchev–Trinajstić information content (AvgIpc) is 2.13. The molecule has 4 heteroatoms. The third-order valence-electron chi connectivity index (χ3n) is 2.90. The Labute approximate surface area is 108 Å². The van der Waals surface area contributed by atoms with Crippen molar-refractivity contribution in [3.63, 3.8) is 0 Å². The zero-order chi connectivity index (χ0) is 14.3. The van der Waals surface area contributed by atoms with Gasteiger partial charge in [-0.05, 0) is 10.8 Å². The summed E-state index contributed by atoms with van der Waals surface area (Å²) in [5, 5.41) is 23.4. The second kappa shape index (κ2) is 4.26. The molecule has 0 saturated heterocycles. The molecule has 99 valence electrons. The Morgan fingerprint density at radius 2 is 1.28 bits per heavy atom. The van der Waals surface area contributed by atoms with Gasteiger partial charge in [0.25, 0.3) is 5.69 Å². The van der Waals surface area contributed by atoms with Gasteiger partial charge in [0.05, 0.1) is 4.92 Å². The summed E-state index contributed by atoms with van der Waals surface area (Å²) in [6.07, 6.45) is 0. The molecule has 1 aromatic rings. The molecule has 0 unspecified atom stereocenters. The zero-order valence-corrected chi connectivity index (χ0v) is 11.8. The minimum absolute atomic E-state index is 0.00977. The molecular formula is C14H20NO3. The van der Waals surface area contributed by atoms with Crippen molar-refractivity contribution in [3.05, 3.63) is 33.4 Å². The first-order valence-electron chi connectivity index (χ1n) is 5.95. The third-order valence-corrected chi connectivity index (χ3v) is 2.90. The van der Waals surface area contributed by atoms with E-state index in [1.807, 2.05) is 41.5 Å². The van der Waals surface area contributed by atoms with E-state index in [4.69, 9.17) is 0 Å². The van der Waals surface area contributed by atoms with Crippen LogP contribution in [0.4, 0.5) is 5.69 Å². The van der Waals surface area contributed by atoms with Crippen LogP contribution in [0.2, 0.25) is 0 Å².